The van der Waals surface area contributed by atoms with E-state index in [0.29, 0.717) is 5.25 Å². The number of hydrogen-bond acceptors (Lipinski definition) is 2. The molecule has 1 heterocycles. The Bertz CT molecular complexity index is 711. The van der Waals surface area contributed by atoms with Crippen LogP contribution in [0.25, 0.3) is 0 Å². The number of hydrogen-bond donors (Lipinski definition) is 0. The van der Waals surface area contributed by atoms with Crippen LogP contribution in [0.4, 0.5) is 0 Å². The van der Waals surface area contributed by atoms with Crippen molar-refractivity contribution in [2.75, 3.05) is 0 Å². The SMILES string of the molecule is Clc1ccc(CCC(Cn2ccnc2)SCc2ccccc2)cc1. The number of rotatable bonds is 8. The zero-order valence-electron chi connectivity index (χ0n) is 13.5. The second-order valence-electron chi connectivity index (χ2n) is 5.84. The Morgan fingerprint density at radius 1 is 1.00 bits per heavy atom. The van der Waals surface area contributed by atoms with E-state index in [-0.39, 0.29) is 0 Å². The van der Waals surface area contributed by atoms with Gasteiger partial charge in [-0.1, -0.05) is 54.1 Å². The lowest BCUT2D eigenvalue weighted by Crippen LogP contribution is -2.13. The van der Waals surface area contributed by atoms with Crippen LogP contribution in [-0.2, 0) is 18.7 Å². The number of thioether (sulfide) groups is 1. The van der Waals surface area contributed by atoms with Gasteiger partial charge in [0.1, 0.15) is 0 Å². The van der Waals surface area contributed by atoms with Gasteiger partial charge in [0.25, 0.3) is 0 Å². The lowest BCUT2D eigenvalue weighted by atomic mass is 10.1. The van der Waals surface area contributed by atoms with Gasteiger partial charge < -0.3 is 4.57 Å². The van der Waals surface area contributed by atoms with Crippen molar-refractivity contribution in [3.05, 3.63) is 89.5 Å². The smallest absolute Gasteiger partial charge is 0.0946 e. The molecule has 0 amide bonds. The molecule has 3 rings (SSSR count). The summed E-state index contributed by atoms with van der Waals surface area (Å²) in [7, 11) is 0. The number of halogens is 1. The fraction of sp³-hybridized carbons (Fsp3) is 0.250. The molecular formula is C20H21ClN2S. The summed E-state index contributed by atoms with van der Waals surface area (Å²) in [4.78, 5) is 4.16. The maximum absolute atomic E-state index is 5.97. The highest BCUT2D eigenvalue weighted by Crippen LogP contribution is 2.24. The Morgan fingerprint density at radius 2 is 1.79 bits per heavy atom. The number of nitrogens with zero attached hydrogens (tertiary/aromatic N) is 2. The normalized spacial score (nSPS) is 12.2. The van der Waals surface area contributed by atoms with E-state index in [2.05, 4.69) is 52.0 Å². The van der Waals surface area contributed by atoms with Crippen LogP contribution >= 0.6 is 23.4 Å². The summed E-state index contributed by atoms with van der Waals surface area (Å²) in [6.07, 6.45) is 7.99. The largest absolute Gasteiger partial charge is 0.336 e. The van der Waals surface area contributed by atoms with Crippen LogP contribution in [0.3, 0.4) is 0 Å². The number of imidazole rings is 1. The molecule has 0 aliphatic heterocycles. The summed E-state index contributed by atoms with van der Waals surface area (Å²) in [6.45, 7) is 0.991. The molecule has 0 bridgehead atoms. The quantitative estimate of drug-likeness (QED) is 0.532. The fourth-order valence-corrected chi connectivity index (χ4v) is 3.93. The third kappa shape index (κ3) is 5.43. The summed E-state index contributed by atoms with van der Waals surface area (Å²) in [5.74, 6) is 1.04. The Kier molecular flexibility index (Phi) is 6.39. The zero-order valence-corrected chi connectivity index (χ0v) is 15.1. The van der Waals surface area contributed by atoms with Gasteiger partial charge in [0.15, 0.2) is 0 Å². The molecule has 0 saturated carbocycles. The first-order chi connectivity index (χ1) is 11.8. The van der Waals surface area contributed by atoms with E-state index in [1.54, 1.807) is 0 Å². The lowest BCUT2D eigenvalue weighted by Gasteiger charge is -2.17. The Balaban J connectivity index is 1.59. The summed E-state index contributed by atoms with van der Waals surface area (Å²) in [5.41, 5.74) is 2.72. The number of aromatic nitrogens is 2. The molecule has 4 heteroatoms. The van der Waals surface area contributed by atoms with Crippen molar-refractivity contribution < 1.29 is 0 Å². The van der Waals surface area contributed by atoms with E-state index >= 15 is 0 Å². The molecule has 0 radical (unpaired) electrons. The van der Waals surface area contributed by atoms with Crippen molar-refractivity contribution in [2.45, 2.75) is 30.4 Å². The third-order valence-electron chi connectivity index (χ3n) is 3.97. The van der Waals surface area contributed by atoms with Gasteiger partial charge in [0.2, 0.25) is 0 Å². The van der Waals surface area contributed by atoms with Gasteiger partial charge in [-0.05, 0) is 36.1 Å². The Hall–Kier alpha value is -1.71. The summed E-state index contributed by atoms with van der Waals surface area (Å²) in [5, 5.41) is 1.35. The molecule has 1 unspecified atom stereocenters. The van der Waals surface area contributed by atoms with E-state index in [4.69, 9.17) is 11.6 Å². The monoisotopic (exact) mass is 356 g/mol. The molecule has 0 saturated heterocycles. The van der Waals surface area contributed by atoms with Gasteiger partial charge in [-0.2, -0.15) is 11.8 Å². The van der Waals surface area contributed by atoms with Crippen molar-refractivity contribution in [3.63, 3.8) is 0 Å². The van der Waals surface area contributed by atoms with Crippen LogP contribution in [-0.4, -0.2) is 14.8 Å². The second-order valence-corrected chi connectivity index (χ2v) is 7.57. The van der Waals surface area contributed by atoms with Crippen LogP contribution in [0.1, 0.15) is 17.5 Å². The fourth-order valence-electron chi connectivity index (χ4n) is 2.62. The molecule has 0 spiro atoms. The molecule has 2 aromatic carbocycles. The van der Waals surface area contributed by atoms with Crippen LogP contribution in [0.5, 0.6) is 0 Å². The van der Waals surface area contributed by atoms with Gasteiger partial charge in [-0.3, -0.25) is 0 Å². The Labute approximate surface area is 152 Å². The molecular weight excluding hydrogens is 336 g/mol. The zero-order chi connectivity index (χ0) is 16.6. The molecule has 0 aliphatic carbocycles. The highest BCUT2D eigenvalue weighted by atomic mass is 35.5. The Morgan fingerprint density at radius 3 is 2.50 bits per heavy atom. The van der Waals surface area contributed by atoms with E-state index in [1.807, 2.05) is 42.6 Å². The van der Waals surface area contributed by atoms with Crippen LogP contribution < -0.4 is 0 Å². The van der Waals surface area contributed by atoms with Gasteiger partial charge >= 0.3 is 0 Å². The first-order valence-corrected chi connectivity index (χ1v) is 9.58. The van der Waals surface area contributed by atoms with Gasteiger partial charge in [-0.15, -0.1) is 0 Å². The third-order valence-corrected chi connectivity index (χ3v) is 5.58. The van der Waals surface area contributed by atoms with Crippen LogP contribution in [0.2, 0.25) is 5.02 Å². The molecule has 124 valence electrons. The van der Waals surface area contributed by atoms with Crippen LogP contribution in [0.15, 0.2) is 73.3 Å². The van der Waals surface area contributed by atoms with E-state index in [1.165, 1.54) is 11.1 Å². The summed E-state index contributed by atoms with van der Waals surface area (Å²) < 4.78 is 2.17. The molecule has 0 aliphatic rings. The summed E-state index contributed by atoms with van der Waals surface area (Å²) in [6, 6.07) is 18.9. The minimum Gasteiger partial charge on any atom is -0.336 e. The highest BCUT2D eigenvalue weighted by Gasteiger charge is 2.11. The van der Waals surface area contributed by atoms with Gasteiger partial charge in [0.05, 0.1) is 6.33 Å². The van der Waals surface area contributed by atoms with Gasteiger partial charge in [-0.25, -0.2) is 4.98 Å². The van der Waals surface area contributed by atoms with Gasteiger partial charge in [0, 0.05) is 35.0 Å². The van der Waals surface area contributed by atoms with Crippen LogP contribution in [0, 0.1) is 0 Å². The topological polar surface area (TPSA) is 17.8 Å². The van der Waals surface area contributed by atoms with Crippen molar-refractivity contribution in [2.24, 2.45) is 0 Å². The van der Waals surface area contributed by atoms with E-state index in [0.717, 1.165) is 30.2 Å². The predicted octanol–water partition coefficient (Wildman–Crippen LogP) is 5.47. The average Bonchev–Trinajstić information content (AvgIpc) is 3.13. The first kappa shape index (κ1) is 17.1. The molecule has 24 heavy (non-hydrogen) atoms. The molecule has 2 nitrogen and oxygen atoms in total. The number of aryl methyl sites for hydroxylation is 1. The van der Waals surface area contributed by atoms with Crippen molar-refractivity contribution in [1.82, 2.24) is 9.55 Å². The summed E-state index contributed by atoms with van der Waals surface area (Å²) >= 11 is 7.99. The van der Waals surface area contributed by atoms with Crippen molar-refractivity contribution in [3.8, 4) is 0 Å². The minimum atomic E-state index is 0.551. The maximum atomic E-state index is 5.97. The molecule has 1 atom stereocenters. The van der Waals surface area contributed by atoms with Crippen molar-refractivity contribution in [1.29, 1.82) is 0 Å². The van der Waals surface area contributed by atoms with Crippen molar-refractivity contribution >= 4 is 23.4 Å². The minimum absolute atomic E-state index is 0.551. The first-order valence-electron chi connectivity index (χ1n) is 8.15. The van der Waals surface area contributed by atoms with E-state index < -0.39 is 0 Å². The molecule has 3 aromatic rings. The standard InChI is InChI=1S/C20H21ClN2S/c21-19-9-6-17(7-10-19)8-11-20(14-23-13-12-22-16-23)24-15-18-4-2-1-3-5-18/h1-7,9-10,12-13,16,20H,8,11,14-15H2. The molecule has 1 aromatic heterocycles. The average molecular weight is 357 g/mol. The second kappa shape index (κ2) is 8.95. The predicted molar refractivity (Wildman–Crippen MR) is 104 cm³/mol. The molecule has 0 N–H and O–H groups in total. The molecule has 0 fully saturated rings. The number of benzene rings is 2. The highest BCUT2D eigenvalue weighted by molar-refractivity contribution is 7.99. The van der Waals surface area contributed by atoms with E-state index in [9.17, 15) is 0 Å². The lowest BCUT2D eigenvalue weighted by molar-refractivity contribution is 0.624. The maximum Gasteiger partial charge on any atom is 0.0946 e.